The van der Waals surface area contributed by atoms with E-state index in [1.165, 1.54) is 5.56 Å². The van der Waals surface area contributed by atoms with Crippen molar-refractivity contribution in [1.29, 1.82) is 0 Å². The first-order chi connectivity index (χ1) is 9.29. The van der Waals surface area contributed by atoms with Crippen LogP contribution in [0.2, 0.25) is 0 Å². The molecule has 1 unspecified atom stereocenters. The summed E-state index contributed by atoms with van der Waals surface area (Å²) in [5.74, 6) is 0.0614. The number of benzene rings is 1. The van der Waals surface area contributed by atoms with E-state index in [9.17, 15) is 4.79 Å². The average molecular weight is 277 g/mol. The number of amides is 1. The van der Waals surface area contributed by atoms with Gasteiger partial charge in [0.1, 0.15) is 0 Å². The molecule has 3 N–H and O–H groups in total. The van der Waals surface area contributed by atoms with Crippen molar-refractivity contribution in [3.05, 3.63) is 35.9 Å². The summed E-state index contributed by atoms with van der Waals surface area (Å²) >= 11 is 0. The van der Waals surface area contributed by atoms with Crippen LogP contribution >= 0.6 is 0 Å². The highest BCUT2D eigenvalue weighted by molar-refractivity contribution is 5.76. The third kappa shape index (κ3) is 6.17. The van der Waals surface area contributed by atoms with Crippen LogP contribution in [0.15, 0.2) is 30.3 Å². The SMILES string of the molecule is CN(C)C(CNC(=O)CCC(C)(C)N)c1ccccc1. The van der Waals surface area contributed by atoms with Gasteiger partial charge in [-0.2, -0.15) is 0 Å². The van der Waals surface area contributed by atoms with Crippen molar-refractivity contribution in [2.24, 2.45) is 5.73 Å². The van der Waals surface area contributed by atoms with Crippen molar-refractivity contribution in [2.75, 3.05) is 20.6 Å². The third-order valence-corrected chi connectivity index (χ3v) is 3.30. The van der Waals surface area contributed by atoms with E-state index in [1.54, 1.807) is 0 Å². The Morgan fingerprint density at radius 1 is 1.30 bits per heavy atom. The summed E-state index contributed by atoms with van der Waals surface area (Å²) < 4.78 is 0. The number of hydrogen-bond acceptors (Lipinski definition) is 3. The fraction of sp³-hybridized carbons (Fsp3) is 0.562. The summed E-state index contributed by atoms with van der Waals surface area (Å²) in [4.78, 5) is 14.0. The zero-order valence-electron chi connectivity index (χ0n) is 13.0. The molecule has 1 rings (SSSR count). The number of nitrogens with one attached hydrogen (secondary N) is 1. The van der Waals surface area contributed by atoms with Gasteiger partial charge in [-0.25, -0.2) is 0 Å². The number of likely N-dealkylation sites (N-methyl/N-ethyl adjacent to an activating group) is 1. The largest absolute Gasteiger partial charge is 0.354 e. The molecule has 0 heterocycles. The zero-order valence-corrected chi connectivity index (χ0v) is 13.0. The van der Waals surface area contributed by atoms with Gasteiger partial charge < -0.3 is 16.0 Å². The van der Waals surface area contributed by atoms with Gasteiger partial charge in [0, 0.05) is 18.5 Å². The van der Waals surface area contributed by atoms with E-state index in [1.807, 2.05) is 46.1 Å². The maximum atomic E-state index is 11.9. The summed E-state index contributed by atoms with van der Waals surface area (Å²) in [6.07, 6.45) is 1.16. The molecule has 0 spiro atoms. The highest BCUT2D eigenvalue weighted by Crippen LogP contribution is 2.16. The number of nitrogens with zero attached hydrogens (tertiary/aromatic N) is 1. The summed E-state index contributed by atoms with van der Waals surface area (Å²) in [6, 6.07) is 10.4. The van der Waals surface area contributed by atoms with Crippen molar-refractivity contribution < 1.29 is 4.79 Å². The molecule has 0 saturated heterocycles. The van der Waals surface area contributed by atoms with Crippen LogP contribution in [-0.4, -0.2) is 37.0 Å². The minimum Gasteiger partial charge on any atom is -0.354 e. The van der Waals surface area contributed by atoms with E-state index in [-0.39, 0.29) is 17.5 Å². The second kappa shape index (κ2) is 7.41. The van der Waals surface area contributed by atoms with Crippen LogP contribution in [-0.2, 0) is 4.79 Å². The Hall–Kier alpha value is -1.39. The van der Waals surface area contributed by atoms with Crippen LogP contribution in [0.1, 0.15) is 38.3 Å². The highest BCUT2D eigenvalue weighted by Gasteiger charge is 2.16. The van der Waals surface area contributed by atoms with Gasteiger partial charge in [0.05, 0.1) is 6.04 Å². The fourth-order valence-electron chi connectivity index (χ4n) is 2.01. The molecule has 0 aromatic heterocycles. The molecule has 0 saturated carbocycles. The maximum absolute atomic E-state index is 11.9. The van der Waals surface area contributed by atoms with Crippen LogP contribution in [0, 0.1) is 0 Å². The Bertz CT molecular complexity index is 409. The van der Waals surface area contributed by atoms with Gasteiger partial charge in [-0.15, -0.1) is 0 Å². The number of carbonyl (C=O) groups is 1. The molecule has 4 heteroatoms. The molecule has 4 nitrogen and oxygen atoms in total. The monoisotopic (exact) mass is 277 g/mol. The summed E-state index contributed by atoms with van der Waals surface area (Å²) in [6.45, 7) is 4.49. The second-order valence-electron chi connectivity index (χ2n) is 6.18. The van der Waals surface area contributed by atoms with Crippen molar-refractivity contribution in [3.63, 3.8) is 0 Å². The van der Waals surface area contributed by atoms with Gasteiger partial charge in [-0.05, 0) is 39.9 Å². The minimum absolute atomic E-state index is 0.0614. The summed E-state index contributed by atoms with van der Waals surface area (Å²) in [7, 11) is 4.04. The van der Waals surface area contributed by atoms with E-state index in [4.69, 9.17) is 5.73 Å². The Morgan fingerprint density at radius 3 is 2.40 bits per heavy atom. The van der Waals surface area contributed by atoms with Gasteiger partial charge in [-0.1, -0.05) is 30.3 Å². The Morgan fingerprint density at radius 2 is 1.90 bits per heavy atom. The number of carbonyl (C=O) groups excluding carboxylic acids is 1. The lowest BCUT2D eigenvalue weighted by Crippen LogP contribution is -2.37. The molecular formula is C16H27N3O. The van der Waals surface area contributed by atoms with E-state index in [0.29, 0.717) is 19.4 Å². The first kappa shape index (κ1) is 16.7. The summed E-state index contributed by atoms with van der Waals surface area (Å²) in [5, 5.41) is 3.00. The lowest BCUT2D eigenvalue weighted by atomic mass is 10.00. The quantitative estimate of drug-likeness (QED) is 0.800. The van der Waals surface area contributed by atoms with E-state index >= 15 is 0 Å². The van der Waals surface area contributed by atoms with Gasteiger partial charge >= 0.3 is 0 Å². The zero-order chi connectivity index (χ0) is 15.2. The van der Waals surface area contributed by atoms with Gasteiger partial charge in [-0.3, -0.25) is 4.79 Å². The van der Waals surface area contributed by atoms with E-state index in [2.05, 4.69) is 22.3 Å². The number of nitrogens with two attached hydrogens (primary N) is 1. The molecule has 112 valence electrons. The molecule has 1 amide bonds. The normalized spacial score (nSPS) is 13.3. The van der Waals surface area contributed by atoms with Crippen LogP contribution in [0.3, 0.4) is 0 Å². The molecule has 20 heavy (non-hydrogen) atoms. The average Bonchev–Trinajstić information content (AvgIpc) is 2.36. The molecule has 1 aromatic rings. The summed E-state index contributed by atoms with van der Waals surface area (Å²) in [5.41, 5.74) is 6.80. The molecule has 1 atom stereocenters. The molecule has 0 aliphatic carbocycles. The van der Waals surface area contributed by atoms with Gasteiger partial charge in [0.25, 0.3) is 0 Å². The number of hydrogen-bond donors (Lipinski definition) is 2. The van der Waals surface area contributed by atoms with Crippen molar-refractivity contribution in [3.8, 4) is 0 Å². The Labute approximate surface area is 122 Å². The topological polar surface area (TPSA) is 58.4 Å². The number of rotatable bonds is 7. The maximum Gasteiger partial charge on any atom is 0.220 e. The Kier molecular flexibility index (Phi) is 6.17. The van der Waals surface area contributed by atoms with Crippen molar-refractivity contribution in [2.45, 2.75) is 38.3 Å². The second-order valence-corrected chi connectivity index (χ2v) is 6.18. The van der Waals surface area contributed by atoms with Gasteiger partial charge in [0.15, 0.2) is 0 Å². The third-order valence-electron chi connectivity index (χ3n) is 3.30. The predicted octanol–water partition coefficient (Wildman–Crippen LogP) is 1.92. The molecule has 0 radical (unpaired) electrons. The molecule has 0 bridgehead atoms. The first-order valence-electron chi connectivity index (χ1n) is 7.06. The molecule has 0 aliphatic rings. The minimum atomic E-state index is -0.294. The van der Waals surface area contributed by atoms with Crippen molar-refractivity contribution in [1.82, 2.24) is 10.2 Å². The lowest BCUT2D eigenvalue weighted by molar-refractivity contribution is -0.121. The smallest absolute Gasteiger partial charge is 0.220 e. The van der Waals surface area contributed by atoms with Crippen LogP contribution < -0.4 is 11.1 Å². The standard InChI is InChI=1S/C16H27N3O/c1-16(2,17)11-10-15(20)18-12-14(19(3)4)13-8-6-5-7-9-13/h5-9,14H,10-12,17H2,1-4H3,(H,18,20). The molecular weight excluding hydrogens is 250 g/mol. The van der Waals surface area contributed by atoms with Crippen LogP contribution in [0.25, 0.3) is 0 Å². The van der Waals surface area contributed by atoms with Crippen LogP contribution in [0.4, 0.5) is 0 Å². The molecule has 0 fully saturated rings. The molecule has 0 aliphatic heterocycles. The van der Waals surface area contributed by atoms with E-state index < -0.39 is 0 Å². The predicted molar refractivity (Wildman–Crippen MR) is 83.4 cm³/mol. The first-order valence-corrected chi connectivity index (χ1v) is 7.06. The van der Waals surface area contributed by atoms with Crippen molar-refractivity contribution >= 4 is 5.91 Å². The highest BCUT2D eigenvalue weighted by atomic mass is 16.1. The van der Waals surface area contributed by atoms with Crippen LogP contribution in [0.5, 0.6) is 0 Å². The molecule has 1 aromatic carbocycles. The lowest BCUT2D eigenvalue weighted by Gasteiger charge is -2.25. The van der Waals surface area contributed by atoms with E-state index in [0.717, 1.165) is 0 Å². The van der Waals surface area contributed by atoms with Gasteiger partial charge in [0.2, 0.25) is 5.91 Å². The Balaban J connectivity index is 2.50. The fourth-order valence-corrected chi connectivity index (χ4v) is 2.01.